The number of nitrogens with one attached hydrogen (secondary N) is 1. The predicted molar refractivity (Wildman–Crippen MR) is 77.8 cm³/mol. The van der Waals surface area contributed by atoms with Gasteiger partial charge in [-0.25, -0.2) is 0 Å². The van der Waals surface area contributed by atoms with Crippen molar-refractivity contribution in [3.8, 4) is 5.75 Å². The Labute approximate surface area is 124 Å². The molecule has 0 saturated carbocycles. The summed E-state index contributed by atoms with van der Waals surface area (Å²) in [4.78, 5) is 4.07. The standard InChI is InChI=1S/C15H21N3O3/c1-11-17-14(18-21-11)9-20-13-6-4-12(5-7-13)8-16-15(2,3)10-19/h4-7,16,19H,8-10H2,1-3H3. The zero-order chi connectivity index (χ0) is 15.3. The topological polar surface area (TPSA) is 80.4 Å². The van der Waals surface area contributed by atoms with Crippen molar-refractivity contribution in [3.63, 3.8) is 0 Å². The number of hydrogen-bond donors (Lipinski definition) is 2. The quantitative estimate of drug-likeness (QED) is 0.810. The zero-order valence-corrected chi connectivity index (χ0v) is 12.6. The van der Waals surface area contributed by atoms with Gasteiger partial charge in [-0.2, -0.15) is 4.98 Å². The van der Waals surface area contributed by atoms with E-state index in [4.69, 9.17) is 9.26 Å². The predicted octanol–water partition coefficient (Wildman–Crippen LogP) is 1.82. The number of benzene rings is 1. The first-order valence-corrected chi connectivity index (χ1v) is 6.85. The molecule has 2 N–H and O–H groups in total. The summed E-state index contributed by atoms with van der Waals surface area (Å²) >= 11 is 0. The normalized spacial score (nSPS) is 11.6. The molecule has 0 saturated heterocycles. The summed E-state index contributed by atoms with van der Waals surface area (Å²) in [5.41, 5.74) is 0.838. The fourth-order valence-electron chi connectivity index (χ4n) is 1.65. The number of nitrogens with zero attached hydrogens (tertiary/aromatic N) is 2. The number of aromatic nitrogens is 2. The third-order valence-corrected chi connectivity index (χ3v) is 3.03. The van der Waals surface area contributed by atoms with Gasteiger partial charge >= 0.3 is 0 Å². The van der Waals surface area contributed by atoms with E-state index in [-0.39, 0.29) is 18.8 Å². The van der Waals surface area contributed by atoms with E-state index in [2.05, 4.69) is 15.5 Å². The molecular formula is C15H21N3O3. The molecule has 6 nitrogen and oxygen atoms in total. The zero-order valence-electron chi connectivity index (χ0n) is 12.6. The fourth-order valence-corrected chi connectivity index (χ4v) is 1.65. The lowest BCUT2D eigenvalue weighted by atomic mass is 10.1. The van der Waals surface area contributed by atoms with Crippen molar-refractivity contribution >= 4 is 0 Å². The maximum absolute atomic E-state index is 9.19. The van der Waals surface area contributed by atoms with E-state index >= 15 is 0 Å². The second kappa shape index (κ2) is 6.69. The average molecular weight is 291 g/mol. The number of hydrogen-bond acceptors (Lipinski definition) is 6. The van der Waals surface area contributed by atoms with Crippen LogP contribution in [0.2, 0.25) is 0 Å². The first kappa shape index (κ1) is 15.5. The van der Waals surface area contributed by atoms with Crippen LogP contribution in [0.5, 0.6) is 5.75 Å². The highest BCUT2D eigenvalue weighted by Crippen LogP contribution is 2.14. The first-order chi connectivity index (χ1) is 9.98. The summed E-state index contributed by atoms with van der Waals surface area (Å²) in [5, 5.41) is 16.2. The molecule has 0 unspecified atom stereocenters. The Hall–Kier alpha value is -1.92. The summed E-state index contributed by atoms with van der Waals surface area (Å²) in [6.45, 7) is 6.73. The van der Waals surface area contributed by atoms with Crippen LogP contribution < -0.4 is 10.1 Å². The highest BCUT2D eigenvalue weighted by atomic mass is 16.5. The third kappa shape index (κ3) is 4.84. The molecule has 0 amide bonds. The van der Waals surface area contributed by atoms with Crippen LogP contribution in [0.25, 0.3) is 0 Å². The van der Waals surface area contributed by atoms with E-state index in [9.17, 15) is 5.11 Å². The van der Waals surface area contributed by atoms with Crippen LogP contribution in [0, 0.1) is 6.92 Å². The van der Waals surface area contributed by atoms with Crippen LogP contribution in [0.15, 0.2) is 28.8 Å². The van der Waals surface area contributed by atoms with Gasteiger partial charge in [-0.05, 0) is 31.5 Å². The Morgan fingerprint density at radius 3 is 2.57 bits per heavy atom. The third-order valence-electron chi connectivity index (χ3n) is 3.03. The molecule has 1 aromatic carbocycles. The Morgan fingerprint density at radius 1 is 1.29 bits per heavy atom. The van der Waals surface area contributed by atoms with Gasteiger partial charge in [0, 0.05) is 19.0 Å². The van der Waals surface area contributed by atoms with Gasteiger partial charge in [-0.15, -0.1) is 0 Å². The molecular weight excluding hydrogens is 270 g/mol. The molecule has 114 valence electrons. The summed E-state index contributed by atoms with van der Waals surface area (Å²) in [7, 11) is 0. The van der Waals surface area contributed by atoms with Crippen molar-refractivity contribution in [1.29, 1.82) is 0 Å². The molecule has 0 aliphatic carbocycles. The van der Waals surface area contributed by atoms with E-state index in [1.165, 1.54) is 0 Å². The maximum Gasteiger partial charge on any atom is 0.223 e. The smallest absolute Gasteiger partial charge is 0.223 e. The summed E-state index contributed by atoms with van der Waals surface area (Å²) in [6, 6.07) is 7.76. The second-order valence-corrected chi connectivity index (χ2v) is 5.56. The van der Waals surface area contributed by atoms with Crippen molar-refractivity contribution in [2.24, 2.45) is 0 Å². The molecule has 0 spiro atoms. The van der Waals surface area contributed by atoms with Gasteiger partial charge in [0.25, 0.3) is 0 Å². The molecule has 1 aromatic heterocycles. The van der Waals surface area contributed by atoms with Gasteiger partial charge < -0.3 is 19.7 Å². The molecule has 6 heteroatoms. The van der Waals surface area contributed by atoms with Crippen LogP contribution in [-0.4, -0.2) is 27.4 Å². The van der Waals surface area contributed by atoms with Gasteiger partial charge in [-0.3, -0.25) is 0 Å². The monoisotopic (exact) mass is 291 g/mol. The number of aliphatic hydroxyl groups excluding tert-OH is 1. The van der Waals surface area contributed by atoms with Crippen molar-refractivity contribution in [2.75, 3.05) is 6.61 Å². The van der Waals surface area contributed by atoms with E-state index in [1.54, 1.807) is 6.92 Å². The minimum atomic E-state index is -0.286. The van der Waals surface area contributed by atoms with Crippen molar-refractivity contribution in [1.82, 2.24) is 15.5 Å². The molecule has 2 aromatic rings. The van der Waals surface area contributed by atoms with Crippen LogP contribution >= 0.6 is 0 Å². The van der Waals surface area contributed by atoms with Crippen molar-refractivity contribution < 1.29 is 14.4 Å². The van der Waals surface area contributed by atoms with Crippen LogP contribution in [-0.2, 0) is 13.2 Å². The van der Waals surface area contributed by atoms with Gasteiger partial charge in [0.05, 0.1) is 6.61 Å². The Morgan fingerprint density at radius 2 is 2.00 bits per heavy atom. The minimum Gasteiger partial charge on any atom is -0.485 e. The van der Waals surface area contributed by atoms with Gasteiger partial charge in [0.2, 0.25) is 11.7 Å². The maximum atomic E-state index is 9.19. The number of aryl methyl sites for hydroxylation is 1. The summed E-state index contributed by atoms with van der Waals surface area (Å²) in [6.07, 6.45) is 0. The highest BCUT2D eigenvalue weighted by molar-refractivity contribution is 5.27. The second-order valence-electron chi connectivity index (χ2n) is 5.56. The molecule has 0 fully saturated rings. The Kier molecular flexibility index (Phi) is 4.93. The SMILES string of the molecule is Cc1nc(COc2ccc(CNC(C)(C)CO)cc2)no1. The number of aliphatic hydroxyl groups is 1. The van der Waals surface area contributed by atoms with Crippen LogP contribution in [0.3, 0.4) is 0 Å². The lowest BCUT2D eigenvalue weighted by Gasteiger charge is -2.23. The van der Waals surface area contributed by atoms with Gasteiger partial charge in [-0.1, -0.05) is 17.3 Å². The molecule has 1 heterocycles. The van der Waals surface area contributed by atoms with Crippen molar-refractivity contribution in [3.05, 3.63) is 41.5 Å². The minimum absolute atomic E-state index is 0.0955. The van der Waals surface area contributed by atoms with E-state index in [1.807, 2.05) is 38.1 Å². The van der Waals surface area contributed by atoms with Gasteiger partial charge in [0.1, 0.15) is 5.75 Å². The average Bonchev–Trinajstić information content (AvgIpc) is 2.90. The molecule has 2 rings (SSSR count). The Bertz CT molecular complexity index is 564. The van der Waals surface area contributed by atoms with Crippen LogP contribution in [0.4, 0.5) is 0 Å². The largest absolute Gasteiger partial charge is 0.485 e. The number of rotatable bonds is 7. The lowest BCUT2D eigenvalue weighted by Crippen LogP contribution is -2.42. The summed E-state index contributed by atoms with van der Waals surface area (Å²) in [5.74, 6) is 1.81. The molecule has 21 heavy (non-hydrogen) atoms. The van der Waals surface area contributed by atoms with Crippen LogP contribution in [0.1, 0.15) is 31.1 Å². The lowest BCUT2D eigenvalue weighted by molar-refractivity contribution is 0.187. The molecule has 0 atom stereocenters. The molecule has 0 radical (unpaired) electrons. The highest BCUT2D eigenvalue weighted by Gasteiger charge is 2.14. The molecule has 0 aliphatic rings. The Balaban J connectivity index is 1.84. The van der Waals surface area contributed by atoms with E-state index < -0.39 is 0 Å². The van der Waals surface area contributed by atoms with Gasteiger partial charge in [0.15, 0.2) is 6.61 Å². The molecule has 0 aliphatic heterocycles. The molecule has 0 bridgehead atoms. The fraction of sp³-hybridized carbons (Fsp3) is 0.467. The first-order valence-electron chi connectivity index (χ1n) is 6.85. The van der Waals surface area contributed by atoms with E-state index in [0.29, 0.717) is 18.3 Å². The number of ether oxygens (including phenoxy) is 1. The van der Waals surface area contributed by atoms with E-state index in [0.717, 1.165) is 11.3 Å². The summed E-state index contributed by atoms with van der Waals surface area (Å²) < 4.78 is 10.5. The van der Waals surface area contributed by atoms with Crippen molar-refractivity contribution in [2.45, 2.75) is 39.5 Å².